The molecule has 19 heavy (non-hydrogen) atoms. The topological polar surface area (TPSA) is 92.8 Å². The van der Waals surface area contributed by atoms with Crippen LogP contribution in [0, 0.1) is 11.6 Å². The Morgan fingerprint density at radius 1 is 1.37 bits per heavy atom. The first-order valence-corrected chi connectivity index (χ1v) is 5.41. The van der Waals surface area contributed by atoms with E-state index in [0.29, 0.717) is 6.42 Å². The molecule has 0 aromatic heterocycles. The summed E-state index contributed by atoms with van der Waals surface area (Å²) in [6.45, 7) is 1.71. The molecule has 0 heterocycles. The van der Waals surface area contributed by atoms with E-state index in [1.54, 1.807) is 0 Å². The first kappa shape index (κ1) is 19.6. The average Bonchev–Trinajstić information content (AvgIpc) is 2.34. The Kier molecular flexibility index (Phi) is 13.1. The maximum Gasteiger partial charge on any atom is 0.402 e. The zero-order chi connectivity index (χ0) is 15.3. The van der Waals surface area contributed by atoms with E-state index in [0.717, 1.165) is 6.42 Å². The molecule has 0 spiro atoms. The van der Waals surface area contributed by atoms with Crippen LogP contribution in [0.1, 0.15) is 18.9 Å². The van der Waals surface area contributed by atoms with Crippen LogP contribution in [0.2, 0.25) is 0 Å². The number of aliphatic hydroxyl groups excluding tert-OH is 1. The van der Waals surface area contributed by atoms with Crippen molar-refractivity contribution in [1.82, 2.24) is 0 Å². The largest absolute Gasteiger partial charge is 0.465 e. The molecular formula is C12H19F2NO4. The van der Waals surface area contributed by atoms with Crippen LogP contribution < -0.4 is 5.73 Å². The highest BCUT2D eigenvalue weighted by Crippen LogP contribution is 2.13. The molecule has 110 valence electrons. The summed E-state index contributed by atoms with van der Waals surface area (Å²) >= 11 is 0. The van der Waals surface area contributed by atoms with E-state index in [1.807, 2.05) is 6.92 Å². The molecule has 0 atom stereocenters. The summed E-state index contributed by atoms with van der Waals surface area (Å²) in [5, 5.41) is 14.8. The number of hydrogen-bond acceptors (Lipinski definition) is 3. The van der Waals surface area contributed by atoms with Crippen LogP contribution in [-0.2, 0) is 11.2 Å². The monoisotopic (exact) mass is 279 g/mol. The van der Waals surface area contributed by atoms with Crippen molar-refractivity contribution < 1.29 is 28.5 Å². The molecule has 0 aliphatic heterocycles. The molecule has 0 aliphatic carbocycles. The van der Waals surface area contributed by atoms with Gasteiger partial charge in [0.2, 0.25) is 0 Å². The lowest BCUT2D eigenvalue weighted by molar-refractivity contribution is 0.0325. The summed E-state index contributed by atoms with van der Waals surface area (Å²) in [6.07, 6.45) is -0.101. The number of halogens is 2. The van der Waals surface area contributed by atoms with Crippen molar-refractivity contribution >= 4 is 6.09 Å². The van der Waals surface area contributed by atoms with Gasteiger partial charge in [-0.1, -0.05) is 19.4 Å². The van der Waals surface area contributed by atoms with E-state index >= 15 is 0 Å². The number of carbonyl (C=O) groups is 1. The molecule has 0 aliphatic rings. The van der Waals surface area contributed by atoms with E-state index in [2.05, 4.69) is 10.5 Å². The standard InChI is InChI=1S/C9H10F2.C2H6O2.CH3NO2/c1-2-4-7-8(10)5-3-6-9(7)11;1-4-2-3;2-1(3)4/h3,5-6H,2,4H2,1H3;3H,2H2,1H3;2H2,(H,3,4). The zero-order valence-electron chi connectivity index (χ0n) is 10.9. The Labute approximate surface area is 110 Å². The molecular weight excluding hydrogens is 260 g/mol. The third-order valence-electron chi connectivity index (χ3n) is 1.69. The van der Waals surface area contributed by atoms with Gasteiger partial charge in [0.25, 0.3) is 0 Å². The summed E-state index contributed by atoms with van der Waals surface area (Å²) in [7, 11) is 1.43. The van der Waals surface area contributed by atoms with Crippen LogP contribution in [0.5, 0.6) is 0 Å². The van der Waals surface area contributed by atoms with E-state index in [-0.39, 0.29) is 12.4 Å². The summed E-state index contributed by atoms with van der Waals surface area (Å²) < 4.78 is 29.7. The lowest BCUT2D eigenvalue weighted by Crippen LogP contribution is -2.03. The highest BCUT2D eigenvalue weighted by molar-refractivity contribution is 5.61. The predicted molar refractivity (Wildman–Crippen MR) is 66.7 cm³/mol. The van der Waals surface area contributed by atoms with E-state index in [9.17, 15) is 8.78 Å². The van der Waals surface area contributed by atoms with Gasteiger partial charge in [0.05, 0.1) is 0 Å². The normalized spacial score (nSPS) is 8.68. The summed E-state index contributed by atoms with van der Waals surface area (Å²) in [6, 6.07) is 3.95. The van der Waals surface area contributed by atoms with Crippen molar-refractivity contribution in [3.63, 3.8) is 0 Å². The van der Waals surface area contributed by atoms with Gasteiger partial charge in [-0.25, -0.2) is 13.6 Å². The number of methoxy groups -OCH3 is 1. The molecule has 0 bridgehead atoms. The fourth-order valence-electron chi connectivity index (χ4n) is 1.02. The second-order valence-corrected chi connectivity index (χ2v) is 3.21. The number of carboxylic acid groups (broad SMARTS) is 1. The van der Waals surface area contributed by atoms with Gasteiger partial charge in [-0.05, 0) is 18.6 Å². The van der Waals surface area contributed by atoms with Gasteiger partial charge in [-0.3, -0.25) is 0 Å². The molecule has 1 amide bonds. The molecule has 7 heteroatoms. The van der Waals surface area contributed by atoms with Crippen LogP contribution in [0.3, 0.4) is 0 Å². The Hall–Kier alpha value is -1.73. The number of nitrogens with two attached hydrogens (primary N) is 1. The van der Waals surface area contributed by atoms with Crippen LogP contribution in [-0.4, -0.2) is 30.2 Å². The SMILES string of the molecule is CCCc1c(F)cccc1F.COCO.NC(=O)O. The van der Waals surface area contributed by atoms with Crippen LogP contribution in [0.25, 0.3) is 0 Å². The van der Waals surface area contributed by atoms with Gasteiger partial charge >= 0.3 is 6.09 Å². The predicted octanol–water partition coefficient (Wildman–Crippen LogP) is 2.12. The number of amides is 1. The minimum Gasteiger partial charge on any atom is -0.465 e. The highest BCUT2D eigenvalue weighted by atomic mass is 19.1. The van der Waals surface area contributed by atoms with Crippen LogP contribution in [0.4, 0.5) is 13.6 Å². The Balaban J connectivity index is 0. The van der Waals surface area contributed by atoms with E-state index in [1.165, 1.54) is 25.3 Å². The molecule has 5 nitrogen and oxygen atoms in total. The Bertz CT molecular complexity index is 335. The first-order chi connectivity index (χ1) is 8.90. The third-order valence-corrected chi connectivity index (χ3v) is 1.69. The van der Waals surface area contributed by atoms with Crippen molar-refractivity contribution in [3.05, 3.63) is 35.4 Å². The fourth-order valence-corrected chi connectivity index (χ4v) is 1.02. The molecule has 0 saturated heterocycles. The second kappa shape index (κ2) is 12.7. The number of aliphatic hydroxyl groups is 1. The van der Waals surface area contributed by atoms with E-state index in [4.69, 9.17) is 15.0 Å². The molecule has 0 unspecified atom stereocenters. The van der Waals surface area contributed by atoms with Crippen molar-refractivity contribution in [2.75, 3.05) is 13.9 Å². The molecule has 1 aromatic carbocycles. The minimum absolute atomic E-state index is 0.181. The van der Waals surface area contributed by atoms with Gasteiger partial charge in [-0.15, -0.1) is 0 Å². The third kappa shape index (κ3) is 12.5. The Morgan fingerprint density at radius 3 is 2.00 bits per heavy atom. The molecule has 0 fully saturated rings. The average molecular weight is 279 g/mol. The van der Waals surface area contributed by atoms with Gasteiger partial charge < -0.3 is 20.7 Å². The number of benzene rings is 1. The van der Waals surface area contributed by atoms with Crippen molar-refractivity contribution in [3.8, 4) is 0 Å². The van der Waals surface area contributed by atoms with Gasteiger partial charge in [0, 0.05) is 12.7 Å². The lowest BCUT2D eigenvalue weighted by atomic mass is 10.1. The minimum atomic E-state index is -1.33. The lowest BCUT2D eigenvalue weighted by Gasteiger charge is -2.00. The quantitative estimate of drug-likeness (QED) is 0.739. The molecule has 0 saturated carbocycles. The summed E-state index contributed by atoms with van der Waals surface area (Å²) in [5.74, 6) is -0.876. The fraction of sp³-hybridized carbons (Fsp3) is 0.417. The maximum absolute atomic E-state index is 12.8. The summed E-state index contributed by atoms with van der Waals surface area (Å²) in [4.78, 5) is 8.78. The molecule has 1 rings (SSSR count). The molecule has 0 radical (unpaired) electrons. The van der Waals surface area contributed by atoms with Gasteiger partial charge in [-0.2, -0.15) is 0 Å². The second-order valence-electron chi connectivity index (χ2n) is 3.21. The summed E-state index contributed by atoms with van der Waals surface area (Å²) in [5.41, 5.74) is 4.23. The highest BCUT2D eigenvalue weighted by Gasteiger charge is 2.05. The van der Waals surface area contributed by atoms with Crippen molar-refractivity contribution in [2.24, 2.45) is 5.73 Å². The zero-order valence-corrected chi connectivity index (χ0v) is 10.9. The molecule has 4 N–H and O–H groups in total. The maximum atomic E-state index is 12.8. The van der Waals surface area contributed by atoms with Crippen molar-refractivity contribution in [1.29, 1.82) is 0 Å². The van der Waals surface area contributed by atoms with Crippen LogP contribution in [0.15, 0.2) is 18.2 Å². The molecule has 1 aromatic rings. The number of hydrogen-bond donors (Lipinski definition) is 3. The van der Waals surface area contributed by atoms with E-state index < -0.39 is 17.7 Å². The van der Waals surface area contributed by atoms with Crippen molar-refractivity contribution in [2.45, 2.75) is 19.8 Å². The number of ether oxygens (including phenoxy) is 1. The number of rotatable bonds is 3. The first-order valence-electron chi connectivity index (χ1n) is 5.41. The van der Waals surface area contributed by atoms with Gasteiger partial charge in [0.15, 0.2) is 0 Å². The Morgan fingerprint density at radius 2 is 1.74 bits per heavy atom. The smallest absolute Gasteiger partial charge is 0.402 e. The van der Waals surface area contributed by atoms with Gasteiger partial charge in [0.1, 0.15) is 18.4 Å². The number of primary amides is 1. The van der Waals surface area contributed by atoms with Crippen LogP contribution >= 0.6 is 0 Å².